The fourth-order valence-corrected chi connectivity index (χ4v) is 1.64. The quantitative estimate of drug-likeness (QED) is 0.421. The van der Waals surface area contributed by atoms with Gasteiger partial charge >= 0.3 is 0 Å². The number of aliphatic hydroxyl groups excluding tert-OH is 1. The van der Waals surface area contributed by atoms with Crippen molar-refractivity contribution in [2.45, 2.75) is 24.3 Å². The zero-order valence-corrected chi connectivity index (χ0v) is 8.54. The van der Waals surface area contributed by atoms with Gasteiger partial charge in [-0.05, 0) is 11.9 Å². The van der Waals surface area contributed by atoms with Crippen molar-refractivity contribution in [1.82, 2.24) is 0 Å². The SMILES string of the molecule is [B]C1OC(/C=C/P(O)O)C(O)C1OC. The molecule has 0 spiro atoms. The van der Waals surface area contributed by atoms with Crippen molar-refractivity contribution in [3.63, 3.8) is 0 Å². The predicted molar refractivity (Wildman–Crippen MR) is 51.7 cm³/mol. The minimum absolute atomic E-state index is 0.590. The van der Waals surface area contributed by atoms with Crippen LogP contribution in [0.3, 0.4) is 0 Å². The van der Waals surface area contributed by atoms with E-state index in [0.717, 1.165) is 5.82 Å². The van der Waals surface area contributed by atoms with Gasteiger partial charge < -0.3 is 24.4 Å². The molecule has 1 saturated heterocycles. The van der Waals surface area contributed by atoms with Crippen LogP contribution in [0.2, 0.25) is 0 Å². The van der Waals surface area contributed by atoms with E-state index < -0.39 is 32.7 Å². The van der Waals surface area contributed by atoms with Crippen molar-refractivity contribution in [3.05, 3.63) is 11.9 Å². The number of hydrogen-bond donors (Lipinski definition) is 3. The minimum atomic E-state index is -2.12. The Balaban J connectivity index is 2.57. The highest BCUT2D eigenvalue weighted by molar-refractivity contribution is 7.48. The first kappa shape index (κ1) is 12.1. The lowest BCUT2D eigenvalue weighted by molar-refractivity contribution is 0.00955. The van der Waals surface area contributed by atoms with Gasteiger partial charge in [-0.3, -0.25) is 0 Å². The normalized spacial score (nSPS) is 38.6. The second kappa shape index (κ2) is 5.21. The van der Waals surface area contributed by atoms with Crippen LogP contribution in [-0.2, 0) is 9.47 Å². The molecule has 1 aliphatic heterocycles. The smallest absolute Gasteiger partial charge is 0.191 e. The van der Waals surface area contributed by atoms with E-state index in [9.17, 15) is 5.11 Å². The Labute approximate surface area is 84.7 Å². The van der Waals surface area contributed by atoms with Crippen molar-refractivity contribution in [2.24, 2.45) is 0 Å². The van der Waals surface area contributed by atoms with Crippen LogP contribution in [0.1, 0.15) is 0 Å². The van der Waals surface area contributed by atoms with Crippen LogP contribution in [-0.4, -0.2) is 54.2 Å². The van der Waals surface area contributed by atoms with Crippen molar-refractivity contribution in [1.29, 1.82) is 0 Å². The largest absolute Gasteiger partial charge is 0.387 e. The molecule has 1 aliphatic rings. The molecule has 0 aromatic rings. The van der Waals surface area contributed by atoms with Gasteiger partial charge in [-0.25, -0.2) is 0 Å². The summed E-state index contributed by atoms with van der Waals surface area (Å²) in [5, 5.41) is 9.59. The molecule has 0 aliphatic carbocycles. The van der Waals surface area contributed by atoms with Crippen LogP contribution in [0.4, 0.5) is 0 Å². The van der Waals surface area contributed by atoms with Gasteiger partial charge in [0.05, 0.1) is 0 Å². The molecule has 1 rings (SSSR count). The third kappa shape index (κ3) is 2.76. The van der Waals surface area contributed by atoms with Crippen LogP contribution >= 0.6 is 8.38 Å². The van der Waals surface area contributed by atoms with Gasteiger partial charge in [0.25, 0.3) is 0 Å². The summed E-state index contributed by atoms with van der Waals surface area (Å²) in [4.78, 5) is 17.2. The van der Waals surface area contributed by atoms with Gasteiger partial charge in [-0.1, -0.05) is 0 Å². The Morgan fingerprint density at radius 1 is 1.50 bits per heavy atom. The number of methoxy groups -OCH3 is 1. The standard InChI is InChI=1S/C7H12BO5P/c1-12-6-5(9)4(13-7(6)8)2-3-14(10)11/h2-7,9-11H,1H3/b3-2+. The first-order chi connectivity index (χ1) is 6.56. The van der Waals surface area contributed by atoms with E-state index in [2.05, 4.69) is 0 Å². The first-order valence-corrected chi connectivity index (χ1v) is 5.35. The number of hydrogen-bond acceptors (Lipinski definition) is 5. The Morgan fingerprint density at radius 2 is 2.14 bits per heavy atom. The first-order valence-electron chi connectivity index (χ1n) is 4.03. The summed E-state index contributed by atoms with van der Waals surface area (Å²) in [6, 6.07) is -0.701. The summed E-state index contributed by atoms with van der Waals surface area (Å²) in [7, 11) is 4.82. The molecule has 1 fully saturated rings. The van der Waals surface area contributed by atoms with Gasteiger partial charge in [0.15, 0.2) is 8.38 Å². The Kier molecular flexibility index (Phi) is 4.51. The van der Waals surface area contributed by atoms with Crippen LogP contribution < -0.4 is 0 Å². The maximum atomic E-state index is 9.59. The zero-order valence-electron chi connectivity index (χ0n) is 7.65. The highest BCUT2D eigenvalue weighted by atomic mass is 31.2. The molecular weight excluding hydrogens is 206 g/mol. The van der Waals surface area contributed by atoms with Gasteiger partial charge in [0, 0.05) is 13.1 Å². The average Bonchev–Trinajstić information content (AvgIpc) is 2.38. The average molecular weight is 218 g/mol. The predicted octanol–water partition coefficient (Wildman–Crippen LogP) is -0.934. The van der Waals surface area contributed by atoms with Crippen molar-refractivity contribution in [2.75, 3.05) is 7.11 Å². The highest BCUT2D eigenvalue weighted by Gasteiger charge is 2.39. The molecule has 14 heavy (non-hydrogen) atoms. The van der Waals surface area contributed by atoms with Crippen LogP contribution in [0.5, 0.6) is 0 Å². The summed E-state index contributed by atoms with van der Waals surface area (Å²) in [6.07, 6.45) is -0.761. The van der Waals surface area contributed by atoms with E-state index in [1.165, 1.54) is 13.2 Å². The van der Waals surface area contributed by atoms with E-state index in [1.807, 2.05) is 0 Å². The number of aliphatic hydroxyl groups is 1. The summed E-state index contributed by atoms with van der Waals surface area (Å²) in [5.74, 6) is 1.16. The van der Waals surface area contributed by atoms with E-state index >= 15 is 0 Å². The van der Waals surface area contributed by atoms with Crippen molar-refractivity contribution >= 4 is 16.2 Å². The van der Waals surface area contributed by atoms with Crippen LogP contribution in [0.25, 0.3) is 0 Å². The lowest BCUT2D eigenvalue weighted by Crippen LogP contribution is -2.33. The molecule has 0 amide bonds. The summed E-state index contributed by atoms with van der Waals surface area (Å²) < 4.78 is 10.1. The molecule has 5 nitrogen and oxygen atoms in total. The topological polar surface area (TPSA) is 79.2 Å². The zero-order chi connectivity index (χ0) is 10.7. The second-order valence-corrected chi connectivity index (χ2v) is 3.86. The maximum Gasteiger partial charge on any atom is 0.191 e. The van der Waals surface area contributed by atoms with Gasteiger partial charge in [0.2, 0.25) is 0 Å². The molecule has 4 atom stereocenters. The molecule has 78 valence electrons. The van der Waals surface area contributed by atoms with Crippen molar-refractivity contribution in [3.8, 4) is 0 Å². The second-order valence-electron chi connectivity index (χ2n) is 2.92. The third-order valence-corrected chi connectivity index (χ3v) is 2.43. The van der Waals surface area contributed by atoms with Crippen LogP contribution in [0.15, 0.2) is 11.9 Å². The van der Waals surface area contributed by atoms with Crippen molar-refractivity contribution < 1.29 is 24.4 Å². The fourth-order valence-electron chi connectivity index (χ4n) is 1.32. The fraction of sp³-hybridized carbons (Fsp3) is 0.714. The van der Waals surface area contributed by atoms with Gasteiger partial charge in [-0.15, -0.1) is 0 Å². The molecule has 0 bridgehead atoms. The number of ether oxygens (including phenoxy) is 2. The monoisotopic (exact) mass is 218 g/mol. The Bertz CT molecular complexity index is 212. The highest BCUT2D eigenvalue weighted by Crippen LogP contribution is 2.28. The minimum Gasteiger partial charge on any atom is -0.387 e. The molecule has 0 aromatic carbocycles. The molecule has 2 radical (unpaired) electrons. The van der Waals surface area contributed by atoms with E-state index in [0.29, 0.717) is 0 Å². The third-order valence-electron chi connectivity index (χ3n) is 1.99. The molecule has 4 unspecified atom stereocenters. The van der Waals surface area contributed by atoms with Gasteiger partial charge in [0.1, 0.15) is 26.2 Å². The molecule has 0 saturated carbocycles. The number of rotatable bonds is 3. The summed E-state index contributed by atoms with van der Waals surface area (Å²) >= 11 is 0. The molecule has 1 heterocycles. The maximum absolute atomic E-state index is 9.59. The summed E-state index contributed by atoms with van der Waals surface area (Å²) in [5.41, 5.74) is 0. The Hall–Kier alpha value is 0.0349. The molecular formula is C7H12BO5P. The van der Waals surface area contributed by atoms with E-state index in [4.69, 9.17) is 27.1 Å². The summed E-state index contributed by atoms with van der Waals surface area (Å²) in [6.45, 7) is 0. The lowest BCUT2D eigenvalue weighted by atomic mass is 9.93. The molecule has 3 N–H and O–H groups in total. The molecule has 0 aromatic heterocycles. The Morgan fingerprint density at radius 3 is 2.57 bits per heavy atom. The lowest BCUT2D eigenvalue weighted by Gasteiger charge is -2.15. The van der Waals surface area contributed by atoms with E-state index in [1.54, 1.807) is 0 Å². The molecule has 7 heteroatoms. The van der Waals surface area contributed by atoms with Crippen LogP contribution in [0, 0.1) is 0 Å². The van der Waals surface area contributed by atoms with E-state index in [-0.39, 0.29) is 0 Å². The van der Waals surface area contributed by atoms with Gasteiger partial charge in [-0.2, -0.15) is 0 Å².